The molecule has 0 saturated carbocycles. The first kappa shape index (κ1) is 39.1. The van der Waals surface area contributed by atoms with Crippen LogP contribution in [-0.4, -0.2) is 18.0 Å². The molecule has 0 amide bonds. The summed E-state index contributed by atoms with van der Waals surface area (Å²) in [5, 5.41) is 3.71. The molecule has 0 unspecified atom stereocenters. The van der Waals surface area contributed by atoms with Crippen LogP contribution in [0.2, 0.25) is 19.6 Å². The molecule has 5 heteroatoms. The fourth-order valence-electron chi connectivity index (χ4n) is 6.93. The van der Waals surface area contributed by atoms with Crippen LogP contribution in [0.4, 0.5) is 0 Å². The summed E-state index contributed by atoms with van der Waals surface area (Å²) in [5.74, 6) is 0.551. The predicted molar refractivity (Wildman–Crippen MR) is 219 cm³/mol. The Bertz CT molecular complexity index is 2230. The number of hydrogen-bond donors (Lipinski definition) is 0. The predicted octanol–water partition coefficient (Wildman–Crippen LogP) is 12.7. The van der Waals surface area contributed by atoms with Gasteiger partial charge in [-0.3, -0.25) is 0 Å². The molecule has 3 heterocycles. The molecule has 0 atom stereocenters. The van der Waals surface area contributed by atoms with Crippen LogP contribution < -0.4 is 5.19 Å². The quantitative estimate of drug-likeness (QED) is 0.113. The van der Waals surface area contributed by atoms with Gasteiger partial charge < -0.3 is 14.4 Å². The molecule has 1 radical (unpaired) electrons. The van der Waals surface area contributed by atoms with Gasteiger partial charge in [0.2, 0.25) is 0 Å². The Morgan fingerprint density at radius 1 is 0.731 bits per heavy atom. The molecule has 0 saturated heterocycles. The SMILES string of the molecule is CC(C)(C)Cc1cc(-c2[c-]cccc2)ncc1[Si](C)(C)C.CCC(CC)c1ccnc(-c2[c-]ccc3c2oc2ccc(-c4ccccc4)cc23)c1.[Ir]. The van der Waals surface area contributed by atoms with Gasteiger partial charge in [-0.2, -0.15) is 0 Å². The first-order valence-corrected chi connectivity index (χ1v) is 21.8. The maximum atomic E-state index is 6.31. The van der Waals surface area contributed by atoms with Gasteiger partial charge in [0.05, 0.1) is 13.7 Å². The molecular weight excluding hydrogens is 829 g/mol. The van der Waals surface area contributed by atoms with Crippen LogP contribution in [0.3, 0.4) is 0 Å². The third-order valence-corrected chi connectivity index (χ3v) is 11.6. The number of hydrogen-bond acceptors (Lipinski definition) is 3. The molecule has 0 bridgehead atoms. The third-order valence-electron chi connectivity index (χ3n) is 9.54. The van der Waals surface area contributed by atoms with Gasteiger partial charge in [-0.05, 0) is 76.5 Å². The Balaban J connectivity index is 0.000000210. The van der Waals surface area contributed by atoms with Gasteiger partial charge in [-0.15, -0.1) is 54.1 Å². The van der Waals surface area contributed by atoms with Crippen LogP contribution in [0.5, 0.6) is 0 Å². The fraction of sp³-hybridized carbons (Fsp3) is 0.277. The topological polar surface area (TPSA) is 38.9 Å². The molecule has 0 aliphatic heterocycles. The van der Waals surface area contributed by atoms with E-state index in [0.29, 0.717) is 5.92 Å². The maximum absolute atomic E-state index is 6.31. The number of benzene rings is 4. The van der Waals surface area contributed by atoms with E-state index >= 15 is 0 Å². The molecular formula is C47H50IrN2OSi-2. The molecule has 269 valence electrons. The van der Waals surface area contributed by atoms with Crippen molar-refractivity contribution in [2.75, 3.05) is 0 Å². The Morgan fingerprint density at radius 3 is 2.15 bits per heavy atom. The van der Waals surface area contributed by atoms with Gasteiger partial charge in [-0.25, -0.2) is 0 Å². The maximum Gasteiger partial charge on any atom is 0.120 e. The van der Waals surface area contributed by atoms with Crippen LogP contribution in [0.15, 0.2) is 120 Å². The molecule has 7 rings (SSSR count). The largest absolute Gasteiger partial charge is 0.501 e. The summed E-state index contributed by atoms with van der Waals surface area (Å²) in [4.78, 5) is 9.36. The van der Waals surface area contributed by atoms with Crippen molar-refractivity contribution in [3.05, 3.63) is 139 Å². The molecule has 4 aromatic carbocycles. The summed E-state index contributed by atoms with van der Waals surface area (Å²) < 4.78 is 6.31. The van der Waals surface area contributed by atoms with Crippen LogP contribution in [0.25, 0.3) is 55.6 Å². The van der Waals surface area contributed by atoms with E-state index in [0.717, 1.165) is 63.7 Å². The normalized spacial score (nSPS) is 11.7. The van der Waals surface area contributed by atoms with E-state index in [-0.39, 0.29) is 25.5 Å². The van der Waals surface area contributed by atoms with Crippen molar-refractivity contribution in [2.45, 2.75) is 79.4 Å². The Labute approximate surface area is 325 Å². The number of nitrogens with zero attached hydrogens (tertiary/aromatic N) is 2. The number of fused-ring (bicyclic) bond motifs is 3. The monoisotopic (exact) mass is 879 g/mol. The minimum Gasteiger partial charge on any atom is -0.501 e. The number of aromatic nitrogens is 2. The van der Waals surface area contributed by atoms with E-state index < -0.39 is 8.07 Å². The second-order valence-electron chi connectivity index (χ2n) is 15.8. The van der Waals surface area contributed by atoms with Crippen molar-refractivity contribution >= 4 is 35.2 Å². The molecule has 3 aromatic heterocycles. The van der Waals surface area contributed by atoms with Gasteiger partial charge in [0.25, 0.3) is 0 Å². The first-order valence-electron chi connectivity index (χ1n) is 18.3. The van der Waals surface area contributed by atoms with E-state index in [1.54, 1.807) is 0 Å². The Kier molecular flexibility index (Phi) is 12.5. The molecule has 7 aromatic rings. The first-order chi connectivity index (χ1) is 24.4. The van der Waals surface area contributed by atoms with Crippen molar-refractivity contribution in [1.82, 2.24) is 9.97 Å². The summed E-state index contributed by atoms with van der Waals surface area (Å²) in [7, 11) is -1.37. The van der Waals surface area contributed by atoms with Gasteiger partial charge in [0, 0.05) is 37.9 Å². The van der Waals surface area contributed by atoms with Crippen molar-refractivity contribution in [2.24, 2.45) is 5.41 Å². The van der Waals surface area contributed by atoms with Gasteiger partial charge in [0.1, 0.15) is 5.58 Å². The second kappa shape index (κ2) is 16.7. The second-order valence-corrected chi connectivity index (χ2v) is 20.8. The van der Waals surface area contributed by atoms with Crippen LogP contribution in [0.1, 0.15) is 64.5 Å². The standard InChI is InChI=1S/C28H24NO.C19H26NSi.Ir/c1-3-19(4-2)22-15-16-29-26(18-22)24-12-8-11-23-25-17-21(20-9-6-5-7-10-20)13-14-27(25)30-28(23)24;1-19(2,3)13-16-12-17(15-10-8-7-9-11-15)20-14-18(16)21(4,5)6;/h5-11,13-19H,3-4H2,1-2H3;7-10,12,14H,13H2,1-6H3;/q2*-1;. The van der Waals surface area contributed by atoms with Crippen LogP contribution >= 0.6 is 0 Å². The average molecular weight is 879 g/mol. The van der Waals surface area contributed by atoms with Gasteiger partial charge in [-0.1, -0.05) is 125 Å². The van der Waals surface area contributed by atoms with E-state index in [4.69, 9.17) is 9.40 Å². The minimum atomic E-state index is -1.37. The summed E-state index contributed by atoms with van der Waals surface area (Å²) in [6, 6.07) is 42.3. The van der Waals surface area contributed by atoms with Crippen molar-refractivity contribution in [3.8, 4) is 33.6 Å². The molecule has 0 aliphatic carbocycles. The van der Waals surface area contributed by atoms with Crippen molar-refractivity contribution in [3.63, 3.8) is 0 Å². The molecule has 0 aliphatic rings. The molecule has 0 fully saturated rings. The smallest absolute Gasteiger partial charge is 0.120 e. The van der Waals surface area contributed by atoms with Gasteiger partial charge in [0.15, 0.2) is 0 Å². The van der Waals surface area contributed by atoms with E-state index in [2.05, 4.69) is 150 Å². The Hall–Kier alpha value is -4.15. The van der Waals surface area contributed by atoms with E-state index in [9.17, 15) is 0 Å². The molecule has 3 nitrogen and oxygen atoms in total. The van der Waals surface area contributed by atoms with E-state index in [1.165, 1.54) is 27.4 Å². The Morgan fingerprint density at radius 2 is 1.48 bits per heavy atom. The summed E-state index contributed by atoms with van der Waals surface area (Å²) in [6.45, 7) is 18.6. The average Bonchev–Trinajstić information content (AvgIpc) is 3.50. The molecule has 52 heavy (non-hydrogen) atoms. The number of furan rings is 1. The summed E-state index contributed by atoms with van der Waals surface area (Å²) in [5.41, 5.74) is 11.2. The van der Waals surface area contributed by atoms with E-state index in [1.807, 2.05) is 36.5 Å². The zero-order chi connectivity index (χ0) is 36.2. The van der Waals surface area contributed by atoms with Crippen LogP contribution in [0, 0.1) is 17.5 Å². The summed E-state index contributed by atoms with van der Waals surface area (Å²) >= 11 is 0. The molecule has 0 spiro atoms. The third kappa shape index (κ3) is 9.07. The van der Waals surface area contributed by atoms with Crippen molar-refractivity contribution < 1.29 is 24.5 Å². The number of pyridine rings is 2. The van der Waals surface area contributed by atoms with Crippen molar-refractivity contribution in [1.29, 1.82) is 0 Å². The van der Waals surface area contributed by atoms with Gasteiger partial charge >= 0.3 is 0 Å². The fourth-order valence-corrected chi connectivity index (χ4v) is 8.51. The zero-order valence-electron chi connectivity index (χ0n) is 31.8. The molecule has 0 N–H and O–H groups in total. The minimum absolute atomic E-state index is 0. The summed E-state index contributed by atoms with van der Waals surface area (Å²) in [6.07, 6.45) is 7.37. The zero-order valence-corrected chi connectivity index (χ0v) is 35.2. The van der Waals surface area contributed by atoms with Crippen LogP contribution in [-0.2, 0) is 26.5 Å². The number of rotatable bonds is 8.